The number of nitrogens with one attached hydrogen (secondary N) is 1. The third kappa shape index (κ3) is 3.50. The van der Waals surface area contributed by atoms with Gasteiger partial charge >= 0.3 is 5.97 Å². The zero-order valence-corrected chi connectivity index (χ0v) is 15.9. The van der Waals surface area contributed by atoms with E-state index in [1.165, 1.54) is 0 Å². The number of carbonyl (C=O) groups is 1. The molecule has 0 aromatic heterocycles. The Kier molecular flexibility index (Phi) is 4.64. The number of aromatic nitrogens is 1. The lowest BCUT2D eigenvalue weighted by molar-refractivity contribution is 0.0470. The molecule has 0 unspecified atom stereocenters. The van der Waals surface area contributed by atoms with E-state index in [1.807, 2.05) is 55.4 Å². The van der Waals surface area contributed by atoms with Crippen LogP contribution in [0.1, 0.15) is 15.9 Å². The Bertz CT molecular complexity index is 1390. The van der Waals surface area contributed by atoms with Crippen LogP contribution < -0.4 is 15.8 Å². The minimum atomic E-state index is -0.829. The fourth-order valence-electron chi connectivity index (χ4n) is 3.02. The first-order valence-corrected chi connectivity index (χ1v) is 8.96. The van der Waals surface area contributed by atoms with Crippen LogP contribution in [0.25, 0.3) is 11.1 Å². The number of benzene rings is 2. The van der Waals surface area contributed by atoms with Gasteiger partial charge in [-0.15, -0.1) is 0 Å². The van der Waals surface area contributed by atoms with E-state index in [0.29, 0.717) is 11.1 Å². The second-order valence-electron chi connectivity index (χ2n) is 6.82. The van der Waals surface area contributed by atoms with Crippen molar-refractivity contribution in [2.45, 2.75) is 6.61 Å². The fourth-order valence-corrected chi connectivity index (χ4v) is 3.02. The third-order valence-corrected chi connectivity index (χ3v) is 4.59. The Morgan fingerprint density at radius 1 is 1.07 bits per heavy atom. The molecule has 0 atom stereocenters. The topological polar surface area (TPSA) is 92.6 Å². The van der Waals surface area contributed by atoms with Crippen molar-refractivity contribution >= 4 is 22.8 Å². The van der Waals surface area contributed by atoms with E-state index in [-0.39, 0.29) is 22.9 Å². The van der Waals surface area contributed by atoms with E-state index in [1.54, 1.807) is 12.1 Å². The van der Waals surface area contributed by atoms with E-state index in [4.69, 9.17) is 9.15 Å². The summed E-state index contributed by atoms with van der Waals surface area (Å²) in [5.41, 5.74) is 0.770. The molecular formula is C22H18N2O5. The van der Waals surface area contributed by atoms with E-state index in [0.717, 1.165) is 17.3 Å². The number of fused-ring (bicyclic) bond motifs is 1. The van der Waals surface area contributed by atoms with Gasteiger partial charge in [-0.2, -0.15) is 0 Å². The smallest absolute Gasteiger partial charge is 0.340 e. The molecule has 0 bridgehead atoms. The predicted octanol–water partition coefficient (Wildman–Crippen LogP) is 2.63. The van der Waals surface area contributed by atoms with Crippen LogP contribution in [-0.2, 0) is 11.3 Å². The van der Waals surface area contributed by atoms with Crippen LogP contribution in [0.5, 0.6) is 0 Å². The third-order valence-electron chi connectivity index (χ3n) is 4.59. The monoisotopic (exact) mass is 390 g/mol. The molecule has 7 heteroatoms. The van der Waals surface area contributed by atoms with Crippen molar-refractivity contribution < 1.29 is 13.9 Å². The number of aromatic amines is 1. The zero-order chi connectivity index (χ0) is 20.5. The maximum atomic E-state index is 12.6. The summed E-state index contributed by atoms with van der Waals surface area (Å²) in [5, 5.41) is 0.137. The number of hydrogen-bond acceptors (Lipinski definition) is 6. The quantitative estimate of drug-likeness (QED) is 0.425. The van der Waals surface area contributed by atoms with Crippen LogP contribution in [0.4, 0.5) is 5.69 Å². The van der Waals surface area contributed by atoms with E-state index in [2.05, 4.69) is 4.98 Å². The maximum Gasteiger partial charge on any atom is 0.340 e. The van der Waals surface area contributed by atoms with Gasteiger partial charge in [-0.3, -0.25) is 9.59 Å². The molecule has 7 nitrogen and oxygen atoms in total. The Balaban J connectivity index is 1.85. The summed E-state index contributed by atoms with van der Waals surface area (Å²) in [7, 11) is 3.75. The van der Waals surface area contributed by atoms with Crippen molar-refractivity contribution in [3.8, 4) is 0 Å². The molecule has 1 N–H and O–H groups in total. The average Bonchev–Trinajstić information content (AvgIpc) is 2.73. The molecule has 4 rings (SSSR count). The number of rotatable bonds is 4. The molecular weight excluding hydrogens is 372 g/mol. The van der Waals surface area contributed by atoms with Crippen molar-refractivity contribution in [3.05, 3.63) is 96.9 Å². The summed E-state index contributed by atoms with van der Waals surface area (Å²) in [6, 6.07) is 15.6. The second-order valence-corrected chi connectivity index (χ2v) is 6.82. The van der Waals surface area contributed by atoms with Gasteiger partial charge in [0.25, 0.3) is 5.43 Å². The van der Waals surface area contributed by atoms with Gasteiger partial charge in [0.2, 0.25) is 10.8 Å². The summed E-state index contributed by atoms with van der Waals surface area (Å²) in [6.07, 6.45) is 0. The minimum absolute atomic E-state index is 0.0390. The number of H-pyrrole nitrogens is 1. The van der Waals surface area contributed by atoms with Crippen molar-refractivity contribution in [2.75, 3.05) is 19.0 Å². The molecule has 1 aliphatic heterocycles. The lowest BCUT2D eigenvalue weighted by Crippen LogP contribution is -2.27. The first kappa shape index (κ1) is 18.5. The van der Waals surface area contributed by atoms with Crippen LogP contribution in [-0.4, -0.2) is 25.0 Å². The zero-order valence-electron chi connectivity index (χ0n) is 15.9. The van der Waals surface area contributed by atoms with Gasteiger partial charge in [0.15, 0.2) is 5.58 Å². The SMILES string of the molecule is CN(C)c1ccc2[nH]c3c(C(=O)OCc4ccccc4)cc(=O)c(=O)c=3oc2c1. The number of hydrogen-bond donors (Lipinski definition) is 1. The molecule has 0 fully saturated rings. The molecule has 1 aliphatic carbocycles. The Labute approximate surface area is 164 Å². The molecule has 0 spiro atoms. The van der Waals surface area contributed by atoms with Crippen LogP contribution in [0.3, 0.4) is 0 Å². The van der Waals surface area contributed by atoms with Crippen LogP contribution in [0.15, 0.2) is 68.6 Å². The summed E-state index contributed by atoms with van der Waals surface area (Å²) >= 11 is 0. The molecule has 0 saturated heterocycles. The van der Waals surface area contributed by atoms with Gasteiger partial charge < -0.3 is 19.0 Å². The maximum absolute atomic E-state index is 12.6. The van der Waals surface area contributed by atoms with Crippen molar-refractivity contribution in [3.63, 3.8) is 0 Å². The molecule has 0 radical (unpaired) electrons. The first-order chi connectivity index (χ1) is 13.9. The molecule has 29 heavy (non-hydrogen) atoms. The Morgan fingerprint density at radius 2 is 1.83 bits per heavy atom. The first-order valence-electron chi connectivity index (χ1n) is 8.96. The van der Waals surface area contributed by atoms with Crippen LogP contribution in [0, 0.1) is 10.8 Å². The highest BCUT2D eigenvalue weighted by molar-refractivity contribution is 5.89. The van der Waals surface area contributed by atoms with Crippen LogP contribution >= 0.6 is 0 Å². The number of carbonyl (C=O) groups excluding carboxylic acids is 1. The lowest BCUT2D eigenvalue weighted by Gasteiger charge is -2.12. The Hall–Kier alpha value is -3.87. The second kappa shape index (κ2) is 7.27. The van der Waals surface area contributed by atoms with Gasteiger partial charge in [0.05, 0.1) is 11.1 Å². The van der Waals surface area contributed by atoms with E-state index >= 15 is 0 Å². The predicted molar refractivity (Wildman–Crippen MR) is 108 cm³/mol. The highest BCUT2D eigenvalue weighted by Crippen LogP contribution is 2.20. The van der Waals surface area contributed by atoms with Gasteiger partial charge in [0.1, 0.15) is 12.0 Å². The largest absolute Gasteiger partial charge is 0.457 e. The highest BCUT2D eigenvalue weighted by Gasteiger charge is 2.17. The summed E-state index contributed by atoms with van der Waals surface area (Å²) in [4.78, 5) is 42.1. The summed E-state index contributed by atoms with van der Waals surface area (Å²) in [6.45, 7) is 0.0470. The number of esters is 1. The normalized spacial score (nSPS) is 11.0. The molecule has 2 aliphatic rings. The number of ether oxygens (including phenoxy) is 1. The molecule has 0 amide bonds. The van der Waals surface area contributed by atoms with Gasteiger partial charge in [0, 0.05) is 31.9 Å². The minimum Gasteiger partial charge on any atom is -0.457 e. The van der Waals surface area contributed by atoms with Gasteiger partial charge in [-0.05, 0) is 17.7 Å². The van der Waals surface area contributed by atoms with E-state index in [9.17, 15) is 14.4 Å². The van der Waals surface area contributed by atoms with E-state index < -0.39 is 16.8 Å². The Morgan fingerprint density at radius 3 is 2.55 bits per heavy atom. The number of anilines is 1. The highest BCUT2D eigenvalue weighted by atomic mass is 16.5. The molecule has 2 aromatic carbocycles. The summed E-state index contributed by atoms with van der Waals surface area (Å²) < 4.78 is 11.1. The molecule has 146 valence electrons. The standard InChI is InChI=1S/C22H18N2O5/c1-24(2)14-8-9-16-18(10-14)29-21-19(23-16)15(11-17(25)20(21)26)22(27)28-12-13-6-4-3-5-7-13/h3-11,23H,12H2,1-2H3. The van der Waals surface area contributed by atoms with Gasteiger partial charge in [-0.1, -0.05) is 30.3 Å². The molecule has 2 aromatic rings. The lowest BCUT2D eigenvalue weighted by atomic mass is 10.2. The van der Waals surface area contributed by atoms with Crippen molar-refractivity contribution in [1.29, 1.82) is 0 Å². The molecule has 1 heterocycles. The van der Waals surface area contributed by atoms with Crippen LogP contribution in [0.2, 0.25) is 0 Å². The fraction of sp³-hybridized carbons (Fsp3) is 0.136. The van der Waals surface area contributed by atoms with Gasteiger partial charge in [-0.25, -0.2) is 4.79 Å². The number of nitrogens with zero attached hydrogens (tertiary/aromatic N) is 1. The average molecular weight is 390 g/mol. The molecule has 0 saturated carbocycles. The summed E-state index contributed by atoms with van der Waals surface area (Å²) in [5.74, 6) is -0.716. The van der Waals surface area contributed by atoms with Crippen molar-refractivity contribution in [1.82, 2.24) is 4.98 Å². The van der Waals surface area contributed by atoms with Crippen molar-refractivity contribution in [2.24, 2.45) is 0 Å².